The van der Waals surface area contributed by atoms with Gasteiger partial charge in [0, 0.05) is 28.8 Å². The summed E-state index contributed by atoms with van der Waals surface area (Å²) in [4.78, 5) is 26.8. The summed E-state index contributed by atoms with van der Waals surface area (Å²) in [5, 5.41) is 6.15. The van der Waals surface area contributed by atoms with Crippen molar-refractivity contribution in [2.45, 2.75) is 6.10 Å². The molecule has 1 fully saturated rings. The molecule has 1 aromatic heterocycles. The number of esters is 1. The number of halogens is 1. The molecule has 1 aliphatic rings. The Hall–Kier alpha value is -4.43. The van der Waals surface area contributed by atoms with Crippen LogP contribution in [0.1, 0.15) is 10.4 Å². The summed E-state index contributed by atoms with van der Waals surface area (Å²) in [6.07, 6.45) is 3.81. The third-order valence-corrected chi connectivity index (χ3v) is 6.24. The molecule has 1 aliphatic heterocycles. The normalized spacial score (nSPS) is 13.0. The maximum atomic E-state index is 12.4. The highest BCUT2D eigenvalue weighted by Crippen LogP contribution is 2.33. The van der Waals surface area contributed by atoms with Crippen LogP contribution in [0.15, 0.2) is 91.3 Å². The van der Waals surface area contributed by atoms with Gasteiger partial charge in [0.2, 0.25) is 0 Å². The van der Waals surface area contributed by atoms with E-state index in [1.54, 1.807) is 42.5 Å². The molecule has 0 radical (unpaired) electrons. The first-order valence-electron chi connectivity index (χ1n) is 11.7. The average molecular weight is 517 g/mol. The molecular weight excluding hydrogens is 492 g/mol. The van der Waals surface area contributed by atoms with Crippen molar-refractivity contribution in [2.75, 3.05) is 35.7 Å². The van der Waals surface area contributed by atoms with Gasteiger partial charge in [0.15, 0.2) is 0 Å². The molecule has 188 valence electrons. The Morgan fingerprint density at radius 2 is 1.49 bits per heavy atom. The number of anilines is 3. The fourth-order valence-corrected chi connectivity index (χ4v) is 4.29. The Morgan fingerprint density at radius 3 is 2.11 bits per heavy atom. The Bertz CT molecular complexity index is 1380. The molecule has 3 aromatic carbocycles. The number of benzene rings is 3. The van der Waals surface area contributed by atoms with E-state index in [1.807, 2.05) is 53.4 Å². The van der Waals surface area contributed by atoms with Gasteiger partial charge in [-0.25, -0.2) is 9.59 Å². The zero-order chi connectivity index (χ0) is 25.8. The zero-order valence-corrected chi connectivity index (χ0v) is 20.8. The summed E-state index contributed by atoms with van der Waals surface area (Å²) in [7, 11) is 1.38. The van der Waals surface area contributed by atoms with Gasteiger partial charge in [-0.2, -0.15) is 0 Å². The lowest BCUT2D eigenvalue weighted by Crippen LogP contribution is -2.54. The maximum Gasteiger partial charge on any atom is 0.340 e. The van der Waals surface area contributed by atoms with Gasteiger partial charge in [0.1, 0.15) is 11.9 Å². The predicted octanol–water partition coefficient (Wildman–Crippen LogP) is 5.83. The summed E-state index contributed by atoms with van der Waals surface area (Å²) < 4.78 is 13.0. The fourth-order valence-electron chi connectivity index (χ4n) is 4.16. The standard InChI is InChI=1S/C28H25ClN4O4/c1-36-27(34)24-5-4-6-25(26(24)32-15-2-3-16-32)33-17-23(18-33)37-22-13-11-21(12-14-22)31-28(35)30-20-9-7-19(29)8-10-20/h2-16,23H,17-18H2,1H3,(H2,30,31,35). The van der Waals surface area contributed by atoms with Crippen molar-refractivity contribution in [1.29, 1.82) is 0 Å². The molecule has 4 aromatic rings. The van der Waals surface area contributed by atoms with E-state index in [2.05, 4.69) is 15.5 Å². The SMILES string of the molecule is COC(=O)c1cccc(N2CC(Oc3ccc(NC(=O)Nc4ccc(Cl)cc4)cc3)C2)c1-n1cccc1. The number of para-hydroxylation sites is 1. The number of methoxy groups -OCH3 is 1. The summed E-state index contributed by atoms with van der Waals surface area (Å²) in [6.45, 7) is 1.34. The molecule has 8 nitrogen and oxygen atoms in total. The van der Waals surface area contributed by atoms with Gasteiger partial charge in [0.05, 0.1) is 37.1 Å². The Labute approximate surface area is 219 Å². The van der Waals surface area contributed by atoms with Gasteiger partial charge >= 0.3 is 12.0 Å². The van der Waals surface area contributed by atoms with Gasteiger partial charge in [-0.05, 0) is 72.8 Å². The third-order valence-electron chi connectivity index (χ3n) is 5.99. The summed E-state index contributed by atoms with van der Waals surface area (Å²) >= 11 is 5.87. The number of amides is 2. The van der Waals surface area contributed by atoms with Crippen molar-refractivity contribution in [3.63, 3.8) is 0 Å². The number of carbonyl (C=O) groups excluding carboxylic acids is 2. The molecule has 9 heteroatoms. The number of urea groups is 1. The van der Waals surface area contributed by atoms with Crippen LogP contribution in [0.3, 0.4) is 0 Å². The monoisotopic (exact) mass is 516 g/mol. The molecule has 1 saturated heterocycles. The fraction of sp³-hybridized carbons (Fsp3) is 0.143. The van der Waals surface area contributed by atoms with Crippen molar-refractivity contribution >= 4 is 40.7 Å². The van der Waals surface area contributed by atoms with Crippen LogP contribution in [-0.4, -0.2) is 42.9 Å². The minimum atomic E-state index is -0.380. The molecule has 0 spiro atoms. The topological polar surface area (TPSA) is 84.8 Å². The van der Waals surface area contributed by atoms with Crippen LogP contribution in [0.5, 0.6) is 5.75 Å². The van der Waals surface area contributed by atoms with E-state index < -0.39 is 0 Å². The van der Waals surface area contributed by atoms with Crippen molar-refractivity contribution < 1.29 is 19.1 Å². The number of hydrogen-bond acceptors (Lipinski definition) is 5. The predicted molar refractivity (Wildman–Crippen MR) is 144 cm³/mol. The maximum absolute atomic E-state index is 12.4. The molecule has 5 rings (SSSR count). The second-order valence-corrected chi connectivity index (χ2v) is 8.95. The Kier molecular flexibility index (Phi) is 7.00. The van der Waals surface area contributed by atoms with Gasteiger partial charge in [-0.15, -0.1) is 0 Å². The molecule has 2 N–H and O–H groups in total. The first kappa shape index (κ1) is 24.3. The van der Waals surface area contributed by atoms with E-state index in [4.69, 9.17) is 21.1 Å². The Balaban J connectivity index is 1.19. The van der Waals surface area contributed by atoms with E-state index in [-0.39, 0.29) is 18.1 Å². The van der Waals surface area contributed by atoms with Crippen LogP contribution in [0, 0.1) is 0 Å². The quantitative estimate of drug-likeness (QED) is 0.302. The third kappa shape index (κ3) is 5.54. The number of rotatable bonds is 7. The second-order valence-electron chi connectivity index (χ2n) is 8.51. The first-order chi connectivity index (χ1) is 18.0. The van der Waals surface area contributed by atoms with Crippen molar-refractivity contribution in [2.24, 2.45) is 0 Å². The van der Waals surface area contributed by atoms with Gasteiger partial charge in [-0.1, -0.05) is 17.7 Å². The first-order valence-corrected chi connectivity index (χ1v) is 12.1. The minimum Gasteiger partial charge on any atom is -0.487 e. The Morgan fingerprint density at radius 1 is 0.865 bits per heavy atom. The molecule has 2 heterocycles. The highest BCUT2D eigenvalue weighted by Gasteiger charge is 2.32. The molecule has 37 heavy (non-hydrogen) atoms. The number of carbonyl (C=O) groups is 2. The van der Waals surface area contributed by atoms with Crippen molar-refractivity contribution in [3.8, 4) is 11.4 Å². The van der Waals surface area contributed by atoms with E-state index in [0.29, 0.717) is 40.8 Å². The van der Waals surface area contributed by atoms with E-state index in [0.717, 1.165) is 11.4 Å². The van der Waals surface area contributed by atoms with Crippen LogP contribution in [0.25, 0.3) is 5.69 Å². The number of nitrogens with zero attached hydrogens (tertiary/aromatic N) is 2. The number of nitrogens with one attached hydrogen (secondary N) is 2. The minimum absolute atomic E-state index is 0.00805. The van der Waals surface area contributed by atoms with Crippen molar-refractivity contribution in [3.05, 3.63) is 102 Å². The molecule has 0 unspecified atom stereocenters. The number of aromatic nitrogens is 1. The number of hydrogen-bond donors (Lipinski definition) is 2. The zero-order valence-electron chi connectivity index (χ0n) is 20.1. The number of ether oxygens (including phenoxy) is 2. The van der Waals surface area contributed by atoms with Crippen molar-refractivity contribution in [1.82, 2.24) is 4.57 Å². The second kappa shape index (κ2) is 10.7. The molecule has 0 aliphatic carbocycles. The van der Waals surface area contributed by atoms with Crippen LogP contribution >= 0.6 is 11.6 Å². The van der Waals surface area contributed by atoms with Crippen LogP contribution in [0.4, 0.5) is 21.9 Å². The van der Waals surface area contributed by atoms with E-state index in [1.165, 1.54) is 7.11 Å². The lowest BCUT2D eigenvalue weighted by Gasteiger charge is -2.41. The van der Waals surface area contributed by atoms with Gasteiger partial charge in [-0.3, -0.25) is 0 Å². The van der Waals surface area contributed by atoms with E-state index >= 15 is 0 Å². The van der Waals surface area contributed by atoms with Crippen LogP contribution in [-0.2, 0) is 4.74 Å². The summed E-state index contributed by atoms with van der Waals surface area (Å²) in [6, 6.07) is 23.2. The molecule has 2 amide bonds. The molecule has 0 atom stereocenters. The van der Waals surface area contributed by atoms with Crippen LogP contribution < -0.4 is 20.3 Å². The summed E-state index contributed by atoms with van der Waals surface area (Å²) in [5.74, 6) is 0.330. The molecule has 0 saturated carbocycles. The molecular formula is C28H25ClN4O4. The lowest BCUT2D eigenvalue weighted by molar-refractivity contribution is 0.0600. The highest BCUT2D eigenvalue weighted by atomic mass is 35.5. The largest absolute Gasteiger partial charge is 0.487 e. The van der Waals surface area contributed by atoms with Gasteiger partial charge in [0.25, 0.3) is 0 Å². The molecule has 0 bridgehead atoms. The average Bonchev–Trinajstić information content (AvgIpc) is 3.42. The van der Waals surface area contributed by atoms with Crippen LogP contribution in [0.2, 0.25) is 5.02 Å². The lowest BCUT2D eigenvalue weighted by atomic mass is 10.1. The van der Waals surface area contributed by atoms with Gasteiger partial charge < -0.3 is 29.6 Å². The smallest absolute Gasteiger partial charge is 0.340 e. The highest BCUT2D eigenvalue weighted by molar-refractivity contribution is 6.30. The summed E-state index contributed by atoms with van der Waals surface area (Å²) in [5.41, 5.74) is 3.51. The van der Waals surface area contributed by atoms with E-state index in [9.17, 15) is 9.59 Å².